The van der Waals surface area contributed by atoms with Crippen molar-refractivity contribution in [2.45, 2.75) is 57.1 Å². The lowest BCUT2D eigenvalue weighted by Crippen LogP contribution is -2.56. The summed E-state index contributed by atoms with van der Waals surface area (Å²) in [6, 6.07) is 27.0. The zero-order valence-electron chi connectivity index (χ0n) is 25.7. The second-order valence-corrected chi connectivity index (χ2v) is 14.7. The number of halogens is 2. The van der Waals surface area contributed by atoms with E-state index in [-0.39, 0.29) is 29.5 Å². The molecule has 0 saturated carbocycles. The molecule has 0 radical (unpaired) electrons. The van der Waals surface area contributed by atoms with Crippen molar-refractivity contribution < 1.29 is 22.4 Å². The zero-order chi connectivity index (χ0) is 32.8. The minimum Gasteiger partial charge on any atom is -0.350 e. The summed E-state index contributed by atoms with van der Waals surface area (Å²) in [6.07, 6.45) is 0.201. The van der Waals surface area contributed by atoms with Crippen LogP contribution in [0.4, 0.5) is 10.1 Å². The van der Waals surface area contributed by atoms with Gasteiger partial charge in [0, 0.05) is 23.0 Å². The van der Waals surface area contributed by atoms with Crippen LogP contribution < -0.4 is 9.62 Å². The van der Waals surface area contributed by atoms with Crippen LogP contribution in [0.1, 0.15) is 37.5 Å². The molecule has 4 aromatic rings. The van der Waals surface area contributed by atoms with Gasteiger partial charge >= 0.3 is 0 Å². The van der Waals surface area contributed by atoms with E-state index >= 15 is 0 Å². The molecule has 2 amide bonds. The Morgan fingerprint density at radius 1 is 0.844 bits per heavy atom. The van der Waals surface area contributed by atoms with Crippen molar-refractivity contribution in [3.63, 3.8) is 0 Å². The molecule has 45 heavy (non-hydrogen) atoms. The summed E-state index contributed by atoms with van der Waals surface area (Å²) in [5.74, 6) is -1.51. The van der Waals surface area contributed by atoms with Crippen molar-refractivity contribution in [1.29, 1.82) is 0 Å². The van der Waals surface area contributed by atoms with E-state index in [1.807, 2.05) is 82.3 Å². The molecule has 7 nitrogen and oxygen atoms in total. The summed E-state index contributed by atoms with van der Waals surface area (Å²) in [6.45, 7) is 6.84. The summed E-state index contributed by atoms with van der Waals surface area (Å²) >= 11 is 3.44. The Bertz CT molecular complexity index is 1710. The van der Waals surface area contributed by atoms with Crippen molar-refractivity contribution in [2.75, 3.05) is 10.8 Å². The van der Waals surface area contributed by atoms with Crippen LogP contribution in [-0.2, 0) is 32.6 Å². The Morgan fingerprint density at radius 2 is 1.44 bits per heavy atom. The standard InChI is InChI=1S/C35H37BrFN3O4S/c1-25-10-20-31(21-11-25)45(43,44)40(30-18-16-29(37)17-19-30)24-33(41)39(23-27-12-14-28(36)15-13-27)32(34(42)38-35(2,3)4)22-26-8-6-5-7-9-26/h5-21,32H,22-24H2,1-4H3,(H,38,42)/t32-/m0/s1. The van der Waals surface area contributed by atoms with Crippen LogP contribution >= 0.6 is 15.9 Å². The second-order valence-electron chi connectivity index (χ2n) is 11.9. The first-order valence-electron chi connectivity index (χ1n) is 14.5. The molecular formula is C35H37BrFN3O4S. The molecule has 10 heteroatoms. The van der Waals surface area contributed by atoms with Crippen LogP contribution in [0.25, 0.3) is 0 Å². The number of hydrogen-bond acceptors (Lipinski definition) is 4. The first-order chi connectivity index (χ1) is 21.2. The second kappa shape index (κ2) is 14.4. The predicted octanol–water partition coefficient (Wildman–Crippen LogP) is 6.65. The minimum absolute atomic E-state index is 0.0176. The molecule has 236 valence electrons. The number of carbonyl (C=O) groups is 2. The third kappa shape index (κ3) is 9.25. The van der Waals surface area contributed by atoms with E-state index in [9.17, 15) is 22.4 Å². The number of carbonyl (C=O) groups excluding carboxylic acids is 2. The predicted molar refractivity (Wildman–Crippen MR) is 179 cm³/mol. The third-order valence-corrected chi connectivity index (χ3v) is 9.35. The molecule has 0 aromatic heterocycles. The number of amides is 2. The van der Waals surface area contributed by atoms with Gasteiger partial charge in [0.2, 0.25) is 11.8 Å². The molecule has 1 atom stereocenters. The normalized spacial score (nSPS) is 12.3. The summed E-state index contributed by atoms with van der Waals surface area (Å²) in [4.78, 5) is 29.8. The molecule has 0 aliphatic carbocycles. The smallest absolute Gasteiger partial charge is 0.264 e. The summed E-state index contributed by atoms with van der Waals surface area (Å²) in [5.41, 5.74) is 1.99. The highest BCUT2D eigenvalue weighted by atomic mass is 79.9. The van der Waals surface area contributed by atoms with E-state index < -0.39 is 39.9 Å². The molecular weight excluding hydrogens is 657 g/mol. The molecule has 0 unspecified atom stereocenters. The highest BCUT2D eigenvalue weighted by molar-refractivity contribution is 9.10. The lowest BCUT2D eigenvalue weighted by atomic mass is 10.0. The number of nitrogens with one attached hydrogen (secondary N) is 1. The van der Waals surface area contributed by atoms with Crippen LogP contribution in [0.15, 0.2) is 112 Å². The maximum Gasteiger partial charge on any atom is 0.264 e. The molecule has 0 heterocycles. The lowest BCUT2D eigenvalue weighted by Gasteiger charge is -2.35. The van der Waals surface area contributed by atoms with E-state index in [4.69, 9.17) is 0 Å². The van der Waals surface area contributed by atoms with Gasteiger partial charge in [-0.2, -0.15) is 0 Å². The van der Waals surface area contributed by atoms with Crippen LogP contribution in [0.3, 0.4) is 0 Å². The number of hydrogen-bond donors (Lipinski definition) is 1. The molecule has 4 aromatic carbocycles. The quantitative estimate of drug-likeness (QED) is 0.191. The number of sulfonamides is 1. The Hall–Kier alpha value is -4.02. The van der Waals surface area contributed by atoms with E-state index in [1.54, 1.807) is 12.1 Å². The van der Waals surface area contributed by atoms with Gasteiger partial charge in [0.05, 0.1) is 10.6 Å². The maximum absolute atomic E-state index is 14.5. The molecule has 1 N–H and O–H groups in total. The molecule has 0 bridgehead atoms. The summed E-state index contributed by atoms with van der Waals surface area (Å²) in [7, 11) is -4.27. The van der Waals surface area contributed by atoms with Gasteiger partial charge in [0.25, 0.3) is 10.0 Å². The Balaban J connectivity index is 1.81. The van der Waals surface area contributed by atoms with Crippen LogP contribution in [0.5, 0.6) is 0 Å². The number of benzene rings is 4. The van der Waals surface area contributed by atoms with Crippen LogP contribution in [-0.4, -0.2) is 43.3 Å². The van der Waals surface area contributed by atoms with Crippen molar-refractivity contribution >= 4 is 43.5 Å². The highest BCUT2D eigenvalue weighted by Crippen LogP contribution is 2.26. The summed E-state index contributed by atoms with van der Waals surface area (Å²) < 4.78 is 43.8. The average Bonchev–Trinajstić information content (AvgIpc) is 2.99. The van der Waals surface area contributed by atoms with Crippen molar-refractivity contribution in [3.8, 4) is 0 Å². The number of aryl methyl sites for hydroxylation is 1. The van der Waals surface area contributed by atoms with Gasteiger partial charge in [-0.1, -0.05) is 76.1 Å². The largest absolute Gasteiger partial charge is 0.350 e. The molecule has 4 rings (SSSR count). The zero-order valence-corrected chi connectivity index (χ0v) is 28.1. The fraction of sp³-hybridized carbons (Fsp3) is 0.257. The van der Waals surface area contributed by atoms with Gasteiger partial charge in [-0.15, -0.1) is 0 Å². The van der Waals surface area contributed by atoms with Gasteiger partial charge in [-0.05, 0) is 87.4 Å². The first kappa shape index (κ1) is 33.9. The van der Waals surface area contributed by atoms with Crippen molar-refractivity contribution in [2.24, 2.45) is 0 Å². The fourth-order valence-electron chi connectivity index (χ4n) is 4.77. The van der Waals surface area contributed by atoms with Crippen LogP contribution in [0.2, 0.25) is 0 Å². The molecule has 0 aliphatic rings. The molecule has 0 fully saturated rings. The van der Waals surface area contributed by atoms with Gasteiger partial charge in [0.1, 0.15) is 18.4 Å². The van der Waals surface area contributed by atoms with Gasteiger partial charge in [-0.3, -0.25) is 13.9 Å². The number of rotatable bonds is 11. The van der Waals surface area contributed by atoms with Gasteiger partial charge < -0.3 is 10.2 Å². The lowest BCUT2D eigenvalue weighted by molar-refractivity contribution is -0.140. The van der Waals surface area contributed by atoms with Crippen molar-refractivity contribution in [1.82, 2.24) is 10.2 Å². The SMILES string of the molecule is Cc1ccc(S(=O)(=O)N(CC(=O)N(Cc2ccc(Br)cc2)[C@@H](Cc2ccccc2)C(=O)NC(C)(C)C)c2ccc(F)cc2)cc1. The number of anilines is 1. The highest BCUT2D eigenvalue weighted by Gasteiger charge is 2.35. The molecule has 0 aliphatic heterocycles. The fourth-order valence-corrected chi connectivity index (χ4v) is 6.45. The monoisotopic (exact) mass is 693 g/mol. The topological polar surface area (TPSA) is 86.8 Å². The Kier molecular flexibility index (Phi) is 10.8. The van der Waals surface area contributed by atoms with Crippen molar-refractivity contribution in [3.05, 3.63) is 130 Å². The Morgan fingerprint density at radius 3 is 2.02 bits per heavy atom. The van der Waals surface area contributed by atoms with Crippen LogP contribution in [0, 0.1) is 12.7 Å². The van der Waals surface area contributed by atoms with Gasteiger partial charge in [0.15, 0.2) is 0 Å². The van der Waals surface area contributed by atoms with Gasteiger partial charge in [-0.25, -0.2) is 12.8 Å². The minimum atomic E-state index is -4.27. The van der Waals surface area contributed by atoms with E-state index in [2.05, 4.69) is 21.2 Å². The Labute approximate surface area is 273 Å². The van der Waals surface area contributed by atoms with E-state index in [0.29, 0.717) is 0 Å². The number of nitrogens with zero attached hydrogens (tertiary/aromatic N) is 2. The molecule has 0 saturated heterocycles. The summed E-state index contributed by atoms with van der Waals surface area (Å²) in [5, 5.41) is 3.01. The maximum atomic E-state index is 14.5. The third-order valence-electron chi connectivity index (χ3n) is 7.04. The average molecular weight is 695 g/mol. The van der Waals surface area contributed by atoms with E-state index in [0.717, 1.165) is 37.6 Å². The first-order valence-corrected chi connectivity index (χ1v) is 16.7. The van der Waals surface area contributed by atoms with E-state index in [1.165, 1.54) is 29.2 Å². The molecule has 0 spiro atoms.